The van der Waals surface area contributed by atoms with Crippen molar-refractivity contribution < 1.29 is 0 Å². The lowest BCUT2D eigenvalue weighted by Crippen LogP contribution is -2.14. The highest BCUT2D eigenvalue weighted by atomic mass is 32.4. The van der Waals surface area contributed by atoms with E-state index < -0.39 is 6.19 Å². The average molecular weight is 165 g/mol. The van der Waals surface area contributed by atoms with Gasteiger partial charge in [0.15, 0.2) is 0 Å². The van der Waals surface area contributed by atoms with Gasteiger partial charge in [0.25, 0.3) is 0 Å². The standard InChI is InChI=1S/C6H16NPS/c1-5(2)8(7,9)6(3)4/h5-6H,1-4H3,(H2,7,9). The van der Waals surface area contributed by atoms with Crippen molar-refractivity contribution in [3.8, 4) is 0 Å². The molecule has 0 aliphatic heterocycles. The summed E-state index contributed by atoms with van der Waals surface area (Å²) in [6, 6.07) is 0. The molecule has 0 fully saturated rings. The summed E-state index contributed by atoms with van der Waals surface area (Å²) in [5, 5.41) is 0. The Bertz CT molecular complexity index is 119. The maximum atomic E-state index is 5.93. The Balaban J connectivity index is 4.21. The molecule has 56 valence electrons. The summed E-state index contributed by atoms with van der Waals surface area (Å²) in [6.07, 6.45) is -1.50. The average Bonchev–Trinajstić information content (AvgIpc) is 1.65. The highest BCUT2D eigenvalue weighted by Gasteiger charge is 2.19. The van der Waals surface area contributed by atoms with Gasteiger partial charge in [-0.1, -0.05) is 39.5 Å². The van der Waals surface area contributed by atoms with E-state index in [9.17, 15) is 0 Å². The Morgan fingerprint density at radius 2 is 1.33 bits per heavy atom. The Kier molecular flexibility index (Phi) is 3.35. The van der Waals surface area contributed by atoms with Crippen molar-refractivity contribution in [2.45, 2.75) is 39.0 Å². The second kappa shape index (κ2) is 3.14. The molecule has 1 nitrogen and oxygen atoms in total. The van der Waals surface area contributed by atoms with Crippen LogP contribution in [0.5, 0.6) is 0 Å². The molecule has 0 atom stereocenters. The Morgan fingerprint density at radius 3 is 1.33 bits per heavy atom. The third-order valence-corrected chi connectivity index (χ3v) is 7.37. The number of nitrogens with two attached hydrogens (primary N) is 1. The van der Waals surface area contributed by atoms with Gasteiger partial charge < -0.3 is 5.50 Å². The molecular formula is C6H16NPS. The van der Waals surface area contributed by atoms with Crippen molar-refractivity contribution in [1.29, 1.82) is 0 Å². The van der Waals surface area contributed by atoms with Crippen LogP contribution in [0.1, 0.15) is 27.7 Å². The lowest BCUT2D eigenvalue weighted by Gasteiger charge is -2.24. The highest BCUT2D eigenvalue weighted by molar-refractivity contribution is 8.14. The molecule has 0 aromatic carbocycles. The van der Waals surface area contributed by atoms with Crippen molar-refractivity contribution in [2.24, 2.45) is 5.50 Å². The van der Waals surface area contributed by atoms with E-state index in [0.29, 0.717) is 11.3 Å². The van der Waals surface area contributed by atoms with Crippen LogP contribution in [-0.2, 0) is 11.8 Å². The molecule has 0 unspecified atom stereocenters. The molecule has 0 aliphatic rings. The van der Waals surface area contributed by atoms with Crippen molar-refractivity contribution in [2.75, 3.05) is 0 Å². The summed E-state index contributed by atoms with van der Waals surface area (Å²) in [5.74, 6) is 0. The van der Waals surface area contributed by atoms with Crippen LogP contribution in [-0.4, -0.2) is 11.3 Å². The number of hydrogen-bond acceptors (Lipinski definition) is 1. The first-order valence-electron chi connectivity index (χ1n) is 3.27. The van der Waals surface area contributed by atoms with E-state index in [2.05, 4.69) is 27.7 Å². The molecular weight excluding hydrogens is 149 g/mol. The fourth-order valence-corrected chi connectivity index (χ4v) is 1.79. The first-order valence-corrected chi connectivity index (χ1v) is 6.28. The molecule has 0 spiro atoms. The van der Waals surface area contributed by atoms with Crippen LogP contribution in [0.3, 0.4) is 0 Å². The van der Waals surface area contributed by atoms with Crippen molar-refractivity contribution in [3.05, 3.63) is 0 Å². The van der Waals surface area contributed by atoms with Crippen molar-refractivity contribution in [1.82, 2.24) is 0 Å². The highest BCUT2D eigenvalue weighted by Crippen LogP contribution is 2.46. The molecule has 3 heteroatoms. The molecule has 0 aliphatic carbocycles. The van der Waals surface area contributed by atoms with Gasteiger partial charge in [0.2, 0.25) is 0 Å². The van der Waals surface area contributed by atoms with E-state index in [1.54, 1.807) is 0 Å². The fourth-order valence-electron chi connectivity index (χ4n) is 0.596. The second-order valence-electron chi connectivity index (χ2n) is 2.95. The Labute approximate surface area is 63.1 Å². The van der Waals surface area contributed by atoms with Crippen LogP contribution in [0.2, 0.25) is 0 Å². The minimum Gasteiger partial charge on any atom is -0.302 e. The van der Waals surface area contributed by atoms with Crippen molar-refractivity contribution >= 4 is 18.0 Å². The molecule has 0 amide bonds. The minimum absolute atomic E-state index is 0.493. The lowest BCUT2D eigenvalue weighted by molar-refractivity contribution is 1.00. The molecule has 0 radical (unpaired) electrons. The molecule has 0 aromatic heterocycles. The van der Waals surface area contributed by atoms with E-state index in [1.807, 2.05) is 0 Å². The maximum Gasteiger partial charge on any atom is 0.0147 e. The predicted molar refractivity (Wildman–Crippen MR) is 48.7 cm³/mol. The zero-order chi connectivity index (χ0) is 7.65. The smallest absolute Gasteiger partial charge is 0.0147 e. The van der Waals surface area contributed by atoms with Gasteiger partial charge in [-0.25, -0.2) is 0 Å². The van der Waals surface area contributed by atoms with Gasteiger partial charge in [-0.2, -0.15) is 0 Å². The first kappa shape index (κ1) is 9.61. The van der Waals surface area contributed by atoms with Crippen LogP contribution < -0.4 is 5.50 Å². The van der Waals surface area contributed by atoms with Gasteiger partial charge in [0.1, 0.15) is 0 Å². The molecule has 0 bridgehead atoms. The van der Waals surface area contributed by atoms with Gasteiger partial charge >= 0.3 is 0 Å². The third kappa shape index (κ3) is 2.37. The normalized spacial score (nSPS) is 13.2. The summed E-state index contributed by atoms with van der Waals surface area (Å²) >= 11 is 5.28. The van der Waals surface area contributed by atoms with E-state index in [-0.39, 0.29) is 0 Å². The topological polar surface area (TPSA) is 26.0 Å². The van der Waals surface area contributed by atoms with Gasteiger partial charge in [0, 0.05) is 6.19 Å². The molecule has 0 aromatic rings. The molecule has 9 heavy (non-hydrogen) atoms. The third-order valence-electron chi connectivity index (χ3n) is 1.61. The molecule has 0 heterocycles. The molecule has 2 N–H and O–H groups in total. The quantitative estimate of drug-likeness (QED) is 0.634. The van der Waals surface area contributed by atoms with Gasteiger partial charge in [-0.3, -0.25) is 0 Å². The van der Waals surface area contributed by atoms with E-state index in [0.717, 1.165) is 0 Å². The second-order valence-corrected chi connectivity index (χ2v) is 8.44. The lowest BCUT2D eigenvalue weighted by atomic mass is 10.5. The van der Waals surface area contributed by atoms with E-state index in [1.165, 1.54) is 0 Å². The van der Waals surface area contributed by atoms with Crippen LogP contribution in [0.15, 0.2) is 0 Å². The number of rotatable bonds is 2. The van der Waals surface area contributed by atoms with Crippen molar-refractivity contribution in [3.63, 3.8) is 0 Å². The summed E-state index contributed by atoms with van der Waals surface area (Å²) in [4.78, 5) is 0. The fraction of sp³-hybridized carbons (Fsp3) is 1.00. The Hall–Kier alpha value is 0.610. The van der Waals surface area contributed by atoms with Crippen LogP contribution >= 0.6 is 6.19 Å². The minimum atomic E-state index is -1.50. The number of hydrogen-bond donors (Lipinski definition) is 1. The van der Waals surface area contributed by atoms with E-state index in [4.69, 9.17) is 17.3 Å². The van der Waals surface area contributed by atoms with Crippen LogP contribution in [0.4, 0.5) is 0 Å². The monoisotopic (exact) mass is 165 g/mol. The molecule has 0 saturated carbocycles. The largest absolute Gasteiger partial charge is 0.302 e. The summed E-state index contributed by atoms with van der Waals surface area (Å²) in [6.45, 7) is 8.45. The first-order chi connectivity index (χ1) is 3.89. The van der Waals surface area contributed by atoms with Crippen LogP contribution in [0, 0.1) is 0 Å². The zero-order valence-electron chi connectivity index (χ0n) is 6.59. The van der Waals surface area contributed by atoms with Gasteiger partial charge in [0.05, 0.1) is 0 Å². The Morgan fingerprint density at radius 1 is 1.11 bits per heavy atom. The molecule has 0 saturated heterocycles. The predicted octanol–water partition coefficient (Wildman–Crippen LogP) is 2.16. The molecule has 0 rings (SSSR count). The van der Waals surface area contributed by atoms with E-state index >= 15 is 0 Å². The maximum absolute atomic E-state index is 5.93. The van der Waals surface area contributed by atoms with Gasteiger partial charge in [-0.15, -0.1) is 0 Å². The van der Waals surface area contributed by atoms with Gasteiger partial charge in [-0.05, 0) is 11.3 Å². The summed E-state index contributed by atoms with van der Waals surface area (Å²) < 4.78 is 0. The summed E-state index contributed by atoms with van der Waals surface area (Å²) in [5.41, 5.74) is 6.91. The SMILES string of the molecule is CC(C)P(N)(=S)C(C)C. The van der Waals surface area contributed by atoms with Crippen LogP contribution in [0.25, 0.3) is 0 Å². The summed E-state index contributed by atoms with van der Waals surface area (Å²) in [7, 11) is 0. The zero-order valence-corrected chi connectivity index (χ0v) is 8.30.